The molecule has 1 aromatic rings. The molecule has 1 fully saturated rings. The molecular weight excluding hydrogens is 231 g/mol. The van der Waals surface area contributed by atoms with E-state index in [9.17, 15) is 9.18 Å². The van der Waals surface area contributed by atoms with Crippen molar-refractivity contribution in [3.63, 3.8) is 0 Å². The molecular formula is C14H19FN2O. The predicted octanol–water partition coefficient (Wildman–Crippen LogP) is 1.65. The van der Waals surface area contributed by atoms with Crippen LogP contribution in [0.4, 0.5) is 4.39 Å². The molecule has 3 nitrogen and oxygen atoms in total. The van der Waals surface area contributed by atoms with Crippen LogP contribution in [0.15, 0.2) is 24.3 Å². The number of amides is 1. The second-order valence-electron chi connectivity index (χ2n) is 4.89. The first-order valence-corrected chi connectivity index (χ1v) is 6.40. The summed E-state index contributed by atoms with van der Waals surface area (Å²) in [7, 11) is 0. The monoisotopic (exact) mass is 250 g/mol. The van der Waals surface area contributed by atoms with Crippen LogP contribution in [0, 0.1) is 11.7 Å². The normalized spacial score (nSPS) is 20.7. The fraction of sp³-hybridized carbons (Fsp3) is 0.500. The van der Waals surface area contributed by atoms with E-state index in [1.807, 2.05) is 6.92 Å². The molecule has 2 rings (SSSR count). The number of hydrogen-bond donors (Lipinski definition) is 2. The van der Waals surface area contributed by atoms with Crippen LogP contribution < -0.4 is 10.6 Å². The van der Waals surface area contributed by atoms with Gasteiger partial charge in [-0.05, 0) is 36.6 Å². The molecule has 1 aliphatic heterocycles. The molecule has 0 aliphatic carbocycles. The van der Waals surface area contributed by atoms with Gasteiger partial charge in [0, 0.05) is 13.1 Å². The Balaban J connectivity index is 1.82. The van der Waals surface area contributed by atoms with Gasteiger partial charge in [0.25, 0.3) is 0 Å². The maximum atomic E-state index is 12.8. The van der Waals surface area contributed by atoms with Crippen molar-refractivity contribution in [2.45, 2.75) is 19.3 Å². The number of carbonyl (C=O) groups excluding carboxylic acids is 1. The second-order valence-corrected chi connectivity index (χ2v) is 4.89. The minimum atomic E-state index is -0.230. The van der Waals surface area contributed by atoms with Crippen LogP contribution in [-0.2, 0) is 4.79 Å². The zero-order valence-corrected chi connectivity index (χ0v) is 10.6. The number of rotatable bonds is 4. The van der Waals surface area contributed by atoms with Crippen LogP contribution in [-0.4, -0.2) is 25.5 Å². The van der Waals surface area contributed by atoms with Crippen molar-refractivity contribution < 1.29 is 9.18 Å². The minimum absolute atomic E-state index is 0.102. The molecule has 2 unspecified atom stereocenters. The van der Waals surface area contributed by atoms with Gasteiger partial charge >= 0.3 is 0 Å². The van der Waals surface area contributed by atoms with Crippen LogP contribution in [0.5, 0.6) is 0 Å². The Morgan fingerprint density at radius 3 is 2.83 bits per heavy atom. The standard InChI is InChI=1S/C14H19FN2O/c1-10(11-2-4-13(15)5-3-11)8-17-14(18)12-6-7-16-9-12/h2-5,10,12,16H,6-9H2,1H3,(H,17,18). The van der Waals surface area contributed by atoms with E-state index in [-0.39, 0.29) is 23.6 Å². The molecule has 0 saturated carbocycles. The van der Waals surface area contributed by atoms with Gasteiger partial charge in [0.15, 0.2) is 0 Å². The third-order valence-corrected chi connectivity index (χ3v) is 3.45. The number of benzene rings is 1. The topological polar surface area (TPSA) is 41.1 Å². The second kappa shape index (κ2) is 5.96. The largest absolute Gasteiger partial charge is 0.355 e. The van der Waals surface area contributed by atoms with E-state index >= 15 is 0 Å². The Bertz CT molecular complexity index is 399. The van der Waals surface area contributed by atoms with Crippen molar-refractivity contribution in [3.05, 3.63) is 35.6 Å². The van der Waals surface area contributed by atoms with Crippen LogP contribution in [0.25, 0.3) is 0 Å². The van der Waals surface area contributed by atoms with Crippen molar-refractivity contribution in [3.8, 4) is 0 Å². The van der Waals surface area contributed by atoms with Crippen LogP contribution in [0.3, 0.4) is 0 Å². The number of halogens is 1. The van der Waals surface area contributed by atoms with Gasteiger partial charge in [-0.3, -0.25) is 4.79 Å². The Hall–Kier alpha value is -1.42. The molecule has 98 valence electrons. The van der Waals surface area contributed by atoms with Gasteiger partial charge in [0.1, 0.15) is 5.82 Å². The van der Waals surface area contributed by atoms with E-state index in [1.54, 1.807) is 12.1 Å². The van der Waals surface area contributed by atoms with E-state index in [0.29, 0.717) is 6.54 Å². The van der Waals surface area contributed by atoms with Gasteiger partial charge in [0.2, 0.25) is 5.91 Å². The van der Waals surface area contributed by atoms with Gasteiger partial charge in [-0.1, -0.05) is 19.1 Å². The molecule has 1 amide bonds. The third-order valence-electron chi connectivity index (χ3n) is 3.45. The van der Waals surface area contributed by atoms with Crippen LogP contribution in [0.1, 0.15) is 24.8 Å². The summed E-state index contributed by atoms with van der Waals surface area (Å²) in [5.74, 6) is 0.190. The Morgan fingerprint density at radius 2 is 2.22 bits per heavy atom. The molecule has 2 atom stereocenters. The van der Waals surface area contributed by atoms with Gasteiger partial charge in [-0.2, -0.15) is 0 Å². The molecule has 1 saturated heterocycles. The van der Waals surface area contributed by atoms with Crippen molar-refractivity contribution in [2.75, 3.05) is 19.6 Å². The lowest BCUT2D eigenvalue weighted by atomic mass is 10.0. The number of nitrogens with one attached hydrogen (secondary N) is 2. The SMILES string of the molecule is CC(CNC(=O)C1CCNC1)c1ccc(F)cc1. The predicted molar refractivity (Wildman–Crippen MR) is 68.8 cm³/mol. The van der Waals surface area contributed by atoms with Gasteiger partial charge in [-0.25, -0.2) is 4.39 Å². The fourth-order valence-electron chi connectivity index (χ4n) is 2.19. The zero-order valence-electron chi connectivity index (χ0n) is 10.6. The smallest absolute Gasteiger partial charge is 0.224 e. The maximum absolute atomic E-state index is 12.8. The van der Waals surface area contributed by atoms with Crippen LogP contribution >= 0.6 is 0 Å². The van der Waals surface area contributed by atoms with E-state index in [4.69, 9.17) is 0 Å². The Morgan fingerprint density at radius 1 is 1.50 bits per heavy atom. The van der Waals surface area contributed by atoms with Gasteiger partial charge in [-0.15, -0.1) is 0 Å². The molecule has 1 aliphatic rings. The highest BCUT2D eigenvalue weighted by Crippen LogP contribution is 2.15. The summed E-state index contributed by atoms with van der Waals surface area (Å²) in [5, 5.41) is 6.14. The minimum Gasteiger partial charge on any atom is -0.355 e. The molecule has 0 radical (unpaired) electrons. The Kier molecular flexibility index (Phi) is 4.31. The fourth-order valence-corrected chi connectivity index (χ4v) is 2.19. The average molecular weight is 250 g/mol. The first-order chi connectivity index (χ1) is 8.66. The summed E-state index contributed by atoms with van der Waals surface area (Å²) in [4.78, 5) is 11.8. The van der Waals surface area contributed by atoms with E-state index in [2.05, 4.69) is 10.6 Å². The van der Waals surface area contributed by atoms with E-state index in [0.717, 1.165) is 25.1 Å². The van der Waals surface area contributed by atoms with Crippen molar-refractivity contribution >= 4 is 5.91 Å². The molecule has 1 aromatic carbocycles. The molecule has 0 aromatic heterocycles. The molecule has 18 heavy (non-hydrogen) atoms. The van der Waals surface area contributed by atoms with Crippen molar-refractivity contribution in [1.29, 1.82) is 0 Å². The zero-order chi connectivity index (χ0) is 13.0. The summed E-state index contributed by atoms with van der Waals surface area (Å²) in [6.07, 6.45) is 0.913. The number of carbonyl (C=O) groups is 1. The quantitative estimate of drug-likeness (QED) is 0.853. The van der Waals surface area contributed by atoms with Crippen molar-refractivity contribution in [2.24, 2.45) is 5.92 Å². The molecule has 4 heteroatoms. The highest BCUT2D eigenvalue weighted by molar-refractivity contribution is 5.79. The van der Waals surface area contributed by atoms with Gasteiger partial charge < -0.3 is 10.6 Å². The highest BCUT2D eigenvalue weighted by atomic mass is 19.1. The van der Waals surface area contributed by atoms with E-state index in [1.165, 1.54) is 12.1 Å². The summed E-state index contributed by atoms with van der Waals surface area (Å²) in [6, 6.07) is 6.44. The summed E-state index contributed by atoms with van der Waals surface area (Å²) in [5.41, 5.74) is 1.04. The molecule has 1 heterocycles. The highest BCUT2D eigenvalue weighted by Gasteiger charge is 2.22. The number of hydrogen-bond acceptors (Lipinski definition) is 2. The lowest BCUT2D eigenvalue weighted by Gasteiger charge is -2.15. The first-order valence-electron chi connectivity index (χ1n) is 6.40. The summed E-state index contributed by atoms with van der Waals surface area (Å²) in [6.45, 7) is 4.32. The molecule has 2 N–H and O–H groups in total. The third kappa shape index (κ3) is 3.29. The Labute approximate surface area is 107 Å². The van der Waals surface area contributed by atoms with E-state index < -0.39 is 0 Å². The molecule has 0 spiro atoms. The maximum Gasteiger partial charge on any atom is 0.224 e. The summed E-state index contributed by atoms with van der Waals surface area (Å²) >= 11 is 0. The lowest BCUT2D eigenvalue weighted by molar-refractivity contribution is -0.124. The summed E-state index contributed by atoms with van der Waals surface area (Å²) < 4.78 is 12.8. The lowest BCUT2D eigenvalue weighted by Crippen LogP contribution is -2.34. The van der Waals surface area contributed by atoms with Crippen LogP contribution in [0.2, 0.25) is 0 Å². The van der Waals surface area contributed by atoms with Crippen molar-refractivity contribution in [1.82, 2.24) is 10.6 Å². The van der Waals surface area contributed by atoms with Gasteiger partial charge in [0.05, 0.1) is 5.92 Å². The first kappa shape index (κ1) is 13.0. The average Bonchev–Trinajstić information content (AvgIpc) is 2.90. The molecule has 0 bridgehead atoms.